The Morgan fingerprint density at radius 1 is 1.24 bits per heavy atom. The Kier molecular flexibility index (Phi) is 3.86. The van der Waals surface area contributed by atoms with Gasteiger partial charge in [-0.15, -0.1) is 0 Å². The molecule has 21 heavy (non-hydrogen) atoms. The third-order valence-corrected chi connectivity index (χ3v) is 3.66. The van der Waals surface area contributed by atoms with E-state index in [1.807, 2.05) is 35.2 Å². The molecular formula is C17H19N3O. The molecule has 108 valence electrons. The summed E-state index contributed by atoms with van der Waals surface area (Å²) >= 11 is 0. The van der Waals surface area contributed by atoms with Crippen LogP contribution < -0.4 is 10.2 Å². The number of rotatable bonds is 4. The van der Waals surface area contributed by atoms with Crippen LogP contribution in [-0.4, -0.2) is 24.0 Å². The SMILES string of the molecule is CCCNc1cccc(C(=O)N2CCc3ccccc32)n1. The summed E-state index contributed by atoms with van der Waals surface area (Å²) in [4.78, 5) is 18.9. The van der Waals surface area contributed by atoms with E-state index in [1.165, 1.54) is 5.56 Å². The van der Waals surface area contributed by atoms with Gasteiger partial charge in [0.25, 0.3) is 5.91 Å². The third-order valence-electron chi connectivity index (χ3n) is 3.66. The highest BCUT2D eigenvalue weighted by Crippen LogP contribution is 2.28. The molecule has 1 aromatic carbocycles. The molecule has 0 spiro atoms. The average molecular weight is 281 g/mol. The second kappa shape index (κ2) is 5.95. The molecule has 0 saturated heterocycles. The van der Waals surface area contributed by atoms with Crippen molar-refractivity contribution >= 4 is 17.4 Å². The van der Waals surface area contributed by atoms with E-state index in [4.69, 9.17) is 0 Å². The highest BCUT2D eigenvalue weighted by molar-refractivity contribution is 6.06. The number of carbonyl (C=O) groups excluding carboxylic acids is 1. The van der Waals surface area contributed by atoms with Crippen molar-refractivity contribution in [1.82, 2.24) is 4.98 Å². The topological polar surface area (TPSA) is 45.2 Å². The maximum absolute atomic E-state index is 12.7. The van der Waals surface area contributed by atoms with Gasteiger partial charge >= 0.3 is 0 Å². The van der Waals surface area contributed by atoms with Gasteiger partial charge in [0.1, 0.15) is 11.5 Å². The molecule has 1 N–H and O–H groups in total. The van der Waals surface area contributed by atoms with Crippen molar-refractivity contribution < 1.29 is 4.79 Å². The lowest BCUT2D eigenvalue weighted by atomic mass is 10.2. The molecular weight excluding hydrogens is 262 g/mol. The first kappa shape index (κ1) is 13.6. The first-order valence-electron chi connectivity index (χ1n) is 7.40. The zero-order chi connectivity index (χ0) is 14.7. The highest BCUT2D eigenvalue weighted by Gasteiger charge is 2.25. The van der Waals surface area contributed by atoms with Crippen LogP contribution in [0.1, 0.15) is 29.4 Å². The van der Waals surface area contributed by atoms with Crippen LogP contribution in [0.5, 0.6) is 0 Å². The number of anilines is 2. The van der Waals surface area contributed by atoms with Gasteiger partial charge in [0.15, 0.2) is 0 Å². The number of benzene rings is 1. The van der Waals surface area contributed by atoms with Crippen LogP contribution >= 0.6 is 0 Å². The Morgan fingerprint density at radius 2 is 2.10 bits per heavy atom. The molecule has 1 aliphatic heterocycles. The molecule has 0 atom stereocenters. The van der Waals surface area contributed by atoms with E-state index in [0.717, 1.165) is 37.4 Å². The molecule has 0 unspecified atom stereocenters. The zero-order valence-corrected chi connectivity index (χ0v) is 12.2. The Labute approximate surface area is 124 Å². The van der Waals surface area contributed by atoms with Crippen molar-refractivity contribution in [3.8, 4) is 0 Å². The summed E-state index contributed by atoms with van der Waals surface area (Å²) in [5, 5.41) is 3.22. The fraction of sp³-hybridized carbons (Fsp3) is 0.294. The van der Waals surface area contributed by atoms with E-state index in [9.17, 15) is 4.79 Å². The van der Waals surface area contributed by atoms with Gasteiger partial charge in [0.2, 0.25) is 0 Å². The number of nitrogens with zero attached hydrogens (tertiary/aromatic N) is 2. The van der Waals surface area contributed by atoms with E-state index in [0.29, 0.717) is 5.69 Å². The minimum absolute atomic E-state index is 0.0277. The number of hydrogen-bond donors (Lipinski definition) is 1. The molecule has 2 heterocycles. The predicted molar refractivity (Wildman–Crippen MR) is 84.8 cm³/mol. The lowest BCUT2D eigenvalue weighted by Gasteiger charge is -2.17. The van der Waals surface area contributed by atoms with E-state index < -0.39 is 0 Å². The number of aromatic nitrogens is 1. The molecule has 1 aromatic heterocycles. The van der Waals surface area contributed by atoms with Crippen LogP contribution in [0, 0.1) is 0 Å². The number of hydrogen-bond acceptors (Lipinski definition) is 3. The molecule has 0 fully saturated rings. The summed E-state index contributed by atoms with van der Waals surface area (Å²) < 4.78 is 0. The first-order valence-corrected chi connectivity index (χ1v) is 7.40. The Balaban J connectivity index is 1.83. The molecule has 2 aromatic rings. The lowest BCUT2D eigenvalue weighted by molar-refractivity contribution is 0.0985. The van der Waals surface area contributed by atoms with Gasteiger partial charge in [-0.3, -0.25) is 4.79 Å². The Bertz CT molecular complexity index is 654. The second-order valence-electron chi connectivity index (χ2n) is 5.17. The molecule has 1 amide bonds. The number of pyridine rings is 1. The van der Waals surface area contributed by atoms with E-state index in [-0.39, 0.29) is 5.91 Å². The maximum Gasteiger partial charge on any atom is 0.276 e. The first-order chi connectivity index (χ1) is 10.3. The van der Waals surface area contributed by atoms with Crippen LogP contribution in [0.2, 0.25) is 0 Å². The highest BCUT2D eigenvalue weighted by atomic mass is 16.2. The van der Waals surface area contributed by atoms with Gasteiger partial charge in [-0.25, -0.2) is 4.98 Å². The number of nitrogens with one attached hydrogen (secondary N) is 1. The largest absolute Gasteiger partial charge is 0.370 e. The predicted octanol–water partition coefficient (Wildman–Crippen LogP) is 3.11. The zero-order valence-electron chi connectivity index (χ0n) is 12.2. The van der Waals surface area contributed by atoms with E-state index >= 15 is 0 Å². The van der Waals surface area contributed by atoms with Crippen LogP contribution in [0.15, 0.2) is 42.5 Å². The van der Waals surface area contributed by atoms with Crippen molar-refractivity contribution in [3.05, 3.63) is 53.7 Å². The molecule has 1 aliphatic rings. The van der Waals surface area contributed by atoms with Crippen molar-refractivity contribution in [3.63, 3.8) is 0 Å². The van der Waals surface area contributed by atoms with Crippen molar-refractivity contribution in [2.24, 2.45) is 0 Å². The number of amides is 1. The summed E-state index contributed by atoms with van der Waals surface area (Å²) in [7, 11) is 0. The van der Waals surface area contributed by atoms with Crippen molar-refractivity contribution in [2.45, 2.75) is 19.8 Å². The normalized spacial score (nSPS) is 13.1. The van der Waals surface area contributed by atoms with Crippen LogP contribution in [0.4, 0.5) is 11.5 Å². The Hall–Kier alpha value is -2.36. The molecule has 4 heteroatoms. The van der Waals surface area contributed by atoms with Gasteiger partial charge in [0.05, 0.1) is 0 Å². The van der Waals surface area contributed by atoms with Crippen LogP contribution in [0.3, 0.4) is 0 Å². The minimum atomic E-state index is -0.0277. The van der Waals surface area contributed by atoms with E-state index in [1.54, 1.807) is 6.07 Å². The fourth-order valence-corrected chi connectivity index (χ4v) is 2.59. The Morgan fingerprint density at radius 3 is 2.95 bits per heavy atom. The molecule has 0 radical (unpaired) electrons. The summed E-state index contributed by atoms with van der Waals surface area (Å²) in [5.41, 5.74) is 2.73. The van der Waals surface area contributed by atoms with Gasteiger partial charge in [-0.1, -0.05) is 31.2 Å². The number of carbonyl (C=O) groups is 1. The third kappa shape index (κ3) is 2.75. The fourth-order valence-electron chi connectivity index (χ4n) is 2.59. The standard InChI is InChI=1S/C17H19N3O/c1-2-11-18-16-9-5-7-14(19-16)17(21)20-12-10-13-6-3-4-8-15(13)20/h3-9H,2,10-12H2,1H3,(H,18,19). The number of fused-ring (bicyclic) bond motifs is 1. The lowest BCUT2D eigenvalue weighted by Crippen LogP contribution is -2.29. The van der Waals surface area contributed by atoms with Gasteiger partial charge in [-0.2, -0.15) is 0 Å². The van der Waals surface area contributed by atoms with Gasteiger partial charge < -0.3 is 10.2 Å². The second-order valence-corrected chi connectivity index (χ2v) is 5.17. The molecule has 0 bridgehead atoms. The van der Waals surface area contributed by atoms with Crippen molar-refractivity contribution in [2.75, 3.05) is 23.3 Å². The van der Waals surface area contributed by atoms with E-state index in [2.05, 4.69) is 23.3 Å². The maximum atomic E-state index is 12.7. The molecule has 0 aliphatic carbocycles. The molecule has 3 rings (SSSR count). The summed E-state index contributed by atoms with van der Waals surface area (Å²) in [6.45, 7) is 3.69. The molecule has 4 nitrogen and oxygen atoms in total. The van der Waals surface area contributed by atoms with Gasteiger partial charge in [0, 0.05) is 18.8 Å². The average Bonchev–Trinajstić information content (AvgIpc) is 2.96. The van der Waals surface area contributed by atoms with Gasteiger partial charge in [-0.05, 0) is 36.6 Å². The quantitative estimate of drug-likeness (QED) is 0.936. The summed E-state index contributed by atoms with van der Waals surface area (Å²) in [6, 6.07) is 13.6. The molecule has 0 saturated carbocycles. The minimum Gasteiger partial charge on any atom is -0.370 e. The van der Waals surface area contributed by atoms with Crippen LogP contribution in [-0.2, 0) is 6.42 Å². The van der Waals surface area contributed by atoms with Crippen molar-refractivity contribution in [1.29, 1.82) is 0 Å². The van der Waals surface area contributed by atoms with Crippen LogP contribution in [0.25, 0.3) is 0 Å². The monoisotopic (exact) mass is 281 g/mol. The smallest absolute Gasteiger partial charge is 0.276 e. The summed E-state index contributed by atoms with van der Waals surface area (Å²) in [6.07, 6.45) is 1.94. The number of para-hydroxylation sites is 1. The summed E-state index contributed by atoms with van der Waals surface area (Å²) in [5.74, 6) is 0.732.